The molecule has 1 aromatic rings. The van der Waals surface area contributed by atoms with Gasteiger partial charge in [-0.15, -0.1) is 0 Å². The molecule has 0 bridgehead atoms. The Hall–Kier alpha value is -1.76. The van der Waals surface area contributed by atoms with E-state index in [0.29, 0.717) is 0 Å². The van der Waals surface area contributed by atoms with Crippen molar-refractivity contribution in [1.82, 2.24) is 0 Å². The number of nitro groups is 1. The van der Waals surface area contributed by atoms with Gasteiger partial charge in [0.05, 0.1) is 16.5 Å². The van der Waals surface area contributed by atoms with E-state index in [2.05, 4.69) is 0 Å². The van der Waals surface area contributed by atoms with Gasteiger partial charge in [-0.05, 0) is 12.1 Å². The zero-order valence-corrected chi connectivity index (χ0v) is 7.43. The molecule has 1 unspecified atom stereocenters. The van der Waals surface area contributed by atoms with Gasteiger partial charge in [0.1, 0.15) is 5.75 Å². The first-order valence-corrected chi connectivity index (χ1v) is 3.94. The van der Waals surface area contributed by atoms with Crippen LogP contribution in [0, 0.1) is 10.1 Å². The summed E-state index contributed by atoms with van der Waals surface area (Å²) in [5, 5.41) is 19.5. The Morgan fingerprint density at radius 1 is 1.47 bits per heavy atom. The molecule has 0 aliphatic carbocycles. The van der Waals surface area contributed by atoms with Gasteiger partial charge in [0.15, 0.2) is 0 Å². The number of nitrogens with zero attached hydrogens (tertiary/aromatic N) is 1. The minimum absolute atomic E-state index is 0.341. The maximum atomic E-state index is 12.3. The van der Waals surface area contributed by atoms with Gasteiger partial charge >= 0.3 is 0 Å². The van der Waals surface area contributed by atoms with Crippen LogP contribution in [0.3, 0.4) is 0 Å². The summed E-state index contributed by atoms with van der Waals surface area (Å²) >= 11 is 0. The molecular weight excluding hydrogens is 210 g/mol. The molecule has 1 aromatic carbocycles. The Balaban J connectivity index is 3.24. The van der Waals surface area contributed by atoms with Crippen molar-refractivity contribution in [1.29, 1.82) is 0 Å². The van der Waals surface area contributed by atoms with E-state index in [9.17, 15) is 18.9 Å². The molecule has 1 rings (SSSR count). The summed E-state index contributed by atoms with van der Waals surface area (Å²) in [7, 11) is 0. The van der Waals surface area contributed by atoms with Crippen LogP contribution in [0.15, 0.2) is 18.2 Å². The van der Waals surface area contributed by atoms with Crippen molar-refractivity contribution in [3.63, 3.8) is 0 Å². The molecule has 0 saturated carbocycles. The van der Waals surface area contributed by atoms with Crippen molar-refractivity contribution in [2.75, 3.05) is 0 Å². The Morgan fingerprint density at radius 3 is 2.53 bits per heavy atom. The molecule has 0 radical (unpaired) electrons. The van der Waals surface area contributed by atoms with Crippen LogP contribution in [0.25, 0.3) is 0 Å². The summed E-state index contributed by atoms with van der Waals surface area (Å²) in [6.07, 6.45) is -2.93. The monoisotopic (exact) mass is 218 g/mol. The van der Waals surface area contributed by atoms with Gasteiger partial charge in [-0.3, -0.25) is 10.1 Å². The first-order chi connectivity index (χ1) is 6.93. The fraction of sp³-hybridized carbons (Fsp3) is 0.250. The lowest BCUT2D eigenvalue weighted by Crippen LogP contribution is -2.20. The van der Waals surface area contributed by atoms with Crippen molar-refractivity contribution in [2.24, 2.45) is 5.73 Å². The van der Waals surface area contributed by atoms with E-state index in [1.165, 1.54) is 0 Å². The molecule has 82 valence electrons. The number of hydrogen-bond acceptors (Lipinski definition) is 4. The highest BCUT2D eigenvalue weighted by molar-refractivity contribution is 5.46. The molecule has 0 aliphatic rings. The maximum Gasteiger partial charge on any atom is 0.274 e. The minimum Gasteiger partial charge on any atom is -0.508 e. The van der Waals surface area contributed by atoms with Crippen LogP contribution in [0.1, 0.15) is 11.6 Å². The molecular formula is C8H8F2N2O3. The Kier molecular flexibility index (Phi) is 3.15. The van der Waals surface area contributed by atoms with Crippen LogP contribution in [0.5, 0.6) is 5.75 Å². The molecule has 15 heavy (non-hydrogen) atoms. The number of nitrogens with two attached hydrogens (primary N) is 1. The van der Waals surface area contributed by atoms with E-state index in [4.69, 9.17) is 10.8 Å². The molecule has 0 aromatic heterocycles. The molecule has 1 atom stereocenters. The summed E-state index contributed by atoms with van der Waals surface area (Å²) in [6, 6.07) is 1.07. The van der Waals surface area contributed by atoms with Gasteiger partial charge in [0.2, 0.25) is 0 Å². The predicted octanol–water partition coefficient (Wildman–Crippen LogP) is 1.57. The number of aromatic hydroxyl groups is 1. The van der Waals surface area contributed by atoms with Crippen LogP contribution < -0.4 is 5.73 Å². The van der Waals surface area contributed by atoms with E-state index in [1.807, 2.05) is 0 Å². The molecule has 7 heteroatoms. The minimum atomic E-state index is -2.93. The summed E-state index contributed by atoms with van der Waals surface area (Å²) < 4.78 is 24.5. The second-order valence-electron chi connectivity index (χ2n) is 2.86. The van der Waals surface area contributed by atoms with E-state index in [1.54, 1.807) is 0 Å². The highest BCUT2D eigenvalue weighted by Crippen LogP contribution is 2.30. The van der Waals surface area contributed by atoms with Gasteiger partial charge < -0.3 is 10.8 Å². The zero-order valence-electron chi connectivity index (χ0n) is 7.43. The Morgan fingerprint density at radius 2 is 2.07 bits per heavy atom. The number of nitro benzene ring substituents is 1. The van der Waals surface area contributed by atoms with E-state index in [0.717, 1.165) is 18.2 Å². The topological polar surface area (TPSA) is 89.4 Å². The maximum absolute atomic E-state index is 12.3. The largest absolute Gasteiger partial charge is 0.508 e. The Bertz CT molecular complexity index is 384. The predicted molar refractivity (Wildman–Crippen MR) is 47.7 cm³/mol. The number of alkyl halides is 2. The number of hydrogen-bond donors (Lipinski definition) is 2. The van der Waals surface area contributed by atoms with E-state index >= 15 is 0 Å². The SMILES string of the molecule is NC(c1cc(O)ccc1[N+](=O)[O-])C(F)F. The summed E-state index contributed by atoms with van der Waals surface area (Å²) in [5.41, 5.74) is 4.17. The number of phenolic OH excluding ortho intramolecular Hbond substituents is 1. The van der Waals surface area contributed by atoms with Crippen LogP contribution >= 0.6 is 0 Å². The van der Waals surface area contributed by atoms with Crippen molar-refractivity contribution >= 4 is 5.69 Å². The lowest BCUT2D eigenvalue weighted by Gasteiger charge is -2.11. The smallest absolute Gasteiger partial charge is 0.274 e. The number of benzene rings is 1. The first kappa shape index (κ1) is 11.3. The third-order valence-corrected chi connectivity index (χ3v) is 1.84. The van der Waals surface area contributed by atoms with Gasteiger partial charge in [-0.25, -0.2) is 8.78 Å². The lowest BCUT2D eigenvalue weighted by molar-refractivity contribution is -0.385. The third kappa shape index (κ3) is 2.38. The summed E-state index contributed by atoms with van der Waals surface area (Å²) in [4.78, 5) is 9.66. The normalized spacial score (nSPS) is 12.8. The first-order valence-electron chi connectivity index (χ1n) is 3.94. The van der Waals surface area contributed by atoms with E-state index < -0.39 is 23.1 Å². The second kappa shape index (κ2) is 4.18. The quantitative estimate of drug-likeness (QED) is 0.595. The van der Waals surface area contributed by atoms with Crippen molar-refractivity contribution in [3.8, 4) is 5.75 Å². The van der Waals surface area contributed by atoms with Crippen LogP contribution in [-0.2, 0) is 0 Å². The molecule has 0 heterocycles. The number of halogens is 2. The second-order valence-corrected chi connectivity index (χ2v) is 2.86. The van der Waals surface area contributed by atoms with E-state index in [-0.39, 0.29) is 11.3 Å². The van der Waals surface area contributed by atoms with Crippen molar-refractivity contribution in [3.05, 3.63) is 33.9 Å². The van der Waals surface area contributed by atoms with Gasteiger partial charge in [0.25, 0.3) is 12.1 Å². The molecule has 0 fully saturated rings. The van der Waals surface area contributed by atoms with Crippen LogP contribution in [0.4, 0.5) is 14.5 Å². The highest BCUT2D eigenvalue weighted by atomic mass is 19.3. The zero-order chi connectivity index (χ0) is 11.6. The fourth-order valence-electron chi connectivity index (χ4n) is 1.11. The average molecular weight is 218 g/mol. The van der Waals surface area contributed by atoms with Crippen molar-refractivity contribution < 1.29 is 18.8 Å². The number of rotatable bonds is 3. The van der Waals surface area contributed by atoms with Gasteiger partial charge in [-0.2, -0.15) is 0 Å². The molecule has 0 saturated heterocycles. The Labute approximate surface area is 83.3 Å². The summed E-state index contributed by atoms with van der Waals surface area (Å²) in [5.74, 6) is -0.341. The highest BCUT2D eigenvalue weighted by Gasteiger charge is 2.26. The molecule has 5 nitrogen and oxygen atoms in total. The van der Waals surface area contributed by atoms with Crippen LogP contribution in [0.2, 0.25) is 0 Å². The average Bonchev–Trinajstić information content (AvgIpc) is 2.15. The standard InChI is InChI=1S/C8H8F2N2O3/c9-8(10)7(11)5-3-4(13)1-2-6(5)12(14)15/h1-3,7-8,13H,11H2. The fourth-order valence-corrected chi connectivity index (χ4v) is 1.11. The molecule has 0 amide bonds. The summed E-state index contributed by atoms with van der Waals surface area (Å²) in [6.45, 7) is 0. The van der Waals surface area contributed by atoms with Gasteiger partial charge in [-0.1, -0.05) is 0 Å². The lowest BCUT2D eigenvalue weighted by atomic mass is 10.1. The third-order valence-electron chi connectivity index (χ3n) is 1.84. The van der Waals surface area contributed by atoms with Crippen molar-refractivity contribution in [2.45, 2.75) is 12.5 Å². The molecule has 0 spiro atoms. The van der Waals surface area contributed by atoms with Crippen LogP contribution in [-0.4, -0.2) is 16.5 Å². The number of phenols is 1. The molecule has 3 N–H and O–H groups in total. The van der Waals surface area contributed by atoms with Gasteiger partial charge in [0, 0.05) is 6.07 Å². The molecule has 0 aliphatic heterocycles.